The van der Waals surface area contributed by atoms with Gasteiger partial charge in [0, 0.05) is 19.7 Å². The number of hydrogen-bond acceptors (Lipinski definition) is 4. The molecular formula is C18H19ClF2N2O4S. The normalized spacial score (nSPS) is 12.9. The summed E-state index contributed by atoms with van der Waals surface area (Å²) in [5.74, 6) is -2.53. The average molecular weight is 433 g/mol. The molecule has 6 nitrogen and oxygen atoms in total. The first-order valence-corrected chi connectivity index (χ1v) is 9.87. The molecule has 2 aromatic carbocycles. The number of hydrogen-bond donors (Lipinski definition) is 0. The van der Waals surface area contributed by atoms with Crippen LogP contribution in [0.3, 0.4) is 0 Å². The fourth-order valence-electron chi connectivity index (χ4n) is 2.45. The molecule has 0 bridgehead atoms. The van der Waals surface area contributed by atoms with Crippen LogP contribution in [0.2, 0.25) is 5.02 Å². The van der Waals surface area contributed by atoms with Crippen LogP contribution in [0, 0.1) is 11.6 Å². The molecule has 0 N–H and O–H groups in total. The van der Waals surface area contributed by atoms with E-state index in [0.717, 1.165) is 18.2 Å². The maximum Gasteiger partial charge on any atom is 0.266 e. The van der Waals surface area contributed by atoms with Gasteiger partial charge in [0.15, 0.2) is 11.6 Å². The highest BCUT2D eigenvalue weighted by atomic mass is 35.5. The van der Waals surface area contributed by atoms with Crippen molar-refractivity contribution in [2.24, 2.45) is 0 Å². The van der Waals surface area contributed by atoms with E-state index in [-0.39, 0.29) is 15.5 Å². The summed E-state index contributed by atoms with van der Waals surface area (Å²) in [4.78, 5) is 18.5. The lowest BCUT2D eigenvalue weighted by atomic mass is 10.1. The summed E-state index contributed by atoms with van der Waals surface area (Å²) in [5, 5.41) is -0.0724. The molecule has 2 rings (SSSR count). The largest absolute Gasteiger partial charge is 0.335 e. The number of carbonyl (C=O) groups is 1. The Bertz CT molecular complexity index is 1000. The number of hydroxylamine groups is 1. The van der Waals surface area contributed by atoms with E-state index < -0.39 is 33.6 Å². The first kappa shape index (κ1) is 22.2. The van der Waals surface area contributed by atoms with Crippen molar-refractivity contribution in [2.75, 3.05) is 21.2 Å². The molecule has 0 aliphatic rings. The second kappa shape index (κ2) is 8.52. The topological polar surface area (TPSA) is 66.9 Å². The van der Waals surface area contributed by atoms with Gasteiger partial charge >= 0.3 is 0 Å². The molecule has 10 heteroatoms. The molecule has 152 valence electrons. The first-order valence-electron chi connectivity index (χ1n) is 8.05. The van der Waals surface area contributed by atoms with Gasteiger partial charge in [0.25, 0.3) is 15.9 Å². The molecule has 1 atom stereocenters. The van der Waals surface area contributed by atoms with Crippen LogP contribution in [0.1, 0.15) is 28.9 Å². The lowest BCUT2D eigenvalue weighted by molar-refractivity contribution is -0.0258. The summed E-state index contributed by atoms with van der Waals surface area (Å²) in [6, 6.07) is 6.58. The number of benzene rings is 2. The van der Waals surface area contributed by atoms with Crippen LogP contribution < -0.4 is 0 Å². The number of nitrogens with zero attached hydrogens (tertiary/aromatic N) is 2. The molecule has 1 amide bonds. The summed E-state index contributed by atoms with van der Waals surface area (Å²) in [5.41, 5.74) is 0.445. The van der Waals surface area contributed by atoms with Crippen LogP contribution in [0.4, 0.5) is 8.78 Å². The summed E-state index contributed by atoms with van der Waals surface area (Å²) in [6.45, 7) is 1.64. The van der Waals surface area contributed by atoms with Crippen LogP contribution in [0.15, 0.2) is 41.3 Å². The third-order valence-electron chi connectivity index (χ3n) is 4.38. The van der Waals surface area contributed by atoms with Crippen molar-refractivity contribution in [3.8, 4) is 0 Å². The second-order valence-electron chi connectivity index (χ2n) is 6.01. The van der Waals surface area contributed by atoms with Gasteiger partial charge in [-0.1, -0.05) is 22.1 Å². The second-order valence-corrected chi connectivity index (χ2v) is 8.32. The molecule has 0 fully saturated rings. The van der Waals surface area contributed by atoms with E-state index in [1.54, 1.807) is 6.92 Å². The Labute approximate surface area is 167 Å². The Morgan fingerprint density at radius 1 is 1.11 bits per heavy atom. The van der Waals surface area contributed by atoms with Crippen LogP contribution in [0.5, 0.6) is 0 Å². The molecule has 0 aromatic heterocycles. The molecule has 2 aromatic rings. The zero-order valence-corrected chi connectivity index (χ0v) is 17.2. The predicted octanol–water partition coefficient (Wildman–Crippen LogP) is 3.63. The molecule has 0 radical (unpaired) electrons. The van der Waals surface area contributed by atoms with Gasteiger partial charge in [-0.15, -0.1) is 0 Å². The Hall–Kier alpha value is -2.07. The molecule has 28 heavy (non-hydrogen) atoms. The van der Waals surface area contributed by atoms with E-state index in [9.17, 15) is 22.0 Å². The highest BCUT2D eigenvalue weighted by Gasteiger charge is 2.27. The molecule has 1 unspecified atom stereocenters. The van der Waals surface area contributed by atoms with Gasteiger partial charge in [-0.2, -0.15) is 0 Å². The zero-order valence-electron chi connectivity index (χ0n) is 15.6. The standard InChI is InChI=1S/C18H19ClF2N2O4S/c1-11(12-6-8-15(20)16(21)9-12)22(2)18(24)13-5-7-14(19)17(10-13)28(25,26)23(3)27-4/h5-11H,1-4H3. The summed E-state index contributed by atoms with van der Waals surface area (Å²) in [7, 11) is -0.226. The smallest absolute Gasteiger partial charge is 0.266 e. The van der Waals surface area contributed by atoms with Crippen molar-refractivity contribution in [3.63, 3.8) is 0 Å². The van der Waals surface area contributed by atoms with Gasteiger partial charge in [-0.25, -0.2) is 17.2 Å². The number of halogens is 3. The van der Waals surface area contributed by atoms with Gasteiger partial charge in [0.05, 0.1) is 18.2 Å². The Morgan fingerprint density at radius 3 is 2.32 bits per heavy atom. The Morgan fingerprint density at radius 2 is 1.75 bits per heavy atom. The fourth-order valence-corrected chi connectivity index (χ4v) is 3.92. The van der Waals surface area contributed by atoms with E-state index in [4.69, 9.17) is 16.4 Å². The summed E-state index contributed by atoms with van der Waals surface area (Å²) in [6.07, 6.45) is 0. The van der Waals surface area contributed by atoms with Gasteiger partial charge in [0.2, 0.25) is 0 Å². The molecular weight excluding hydrogens is 414 g/mol. The highest BCUT2D eigenvalue weighted by Crippen LogP contribution is 2.28. The van der Waals surface area contributed by atoms with Gasteiger partial charge in [-0.3, -0.25) is 9.63 Å². The summed E-state index contributed by atoms with van der Waals surface area (Å²) >= 11 is 5.99. The summed E-state index contributed by atoms with van der Waals surface area (Å²) < 4.78 is 52.2. The number of carbonyl (C=O) groups excluding carboxylic acids is 1. The fraction of sp³-hybridized carbons (Fsp3) is 0.278. The van der Waals surface area contributed by atoms with Crippen LogP contribution in [0.25, 0.3) is 0 Å². The van der Waals surface area contributed by atoms with Crippen LogP contribution >= 0.6 is 11.6 Å². The Kier molecular flexibility index (Phi) is 6.76. The van der Waals surface area contributed by atoms with Crippen molar-refractivity contribution < 1.29 is 26.8 Å². The van der Waals surface area contributed by atoms with Gasteiger partial charge in [-0.05, 0) is 42.8 Å². The minimum absolute atomic E-state index is 0.0596. The van der Waals surface area contributed by atoms with E-state index >= 15 is 0 Å². The zero-order chi connectivity index (χ0) is 21.2. The monoisotopic (exact) mass is 432 g/mol. The number of rotatable bonds is 6. The lowest BCUT2D eigenvalue weighted by Crippen LogP contribution is -2.30. The van der Waals surface area contributed by atoms with Crippen LogP contribution in [-0.4, -0.2) is 44.9 Å². The highest BCUT2D eigenvalue weighted by molar-refractivity contribution is 7.89. The van der Waals surface area contributed by atoms with Gasteiger partial charge in [0.1, 0.15) is 4.90 Å². The quantitative estimate of drug-likeness (QED) is 0.654. The van der Waals surface area contributed by atoms with Crippen molar-refractivity contribution in [2.45, 2.75) is 17.9 Å². The lowest BCUT2D eigenvalue weighted by Gasteiger charge is -2.26. The van der Waals surface area contributed by atoms with Crippen molar-refractivity contribution in [1.82, 2.24) is 9.37 Å². The SMILES string of the molecule is CON(C)S(=O)(=O)c1cc(C(=O)N(C)C(C)c2ccc(F)c(F)c2)ccc1Cl. The molecule has 0 heterocycles. The van der Waals surface area contributed by atoms with Crippen molar-refractivity contribution >= 4 is 27.5 Å². The van der Waals surface area contributed by atoms with Crippen molar-refractivity contribution in [1.29, 1.82) is 0 Å². The first-order chi connectivity index (χ1) is 13.0. The van der Waals surface area contributed by atoms with E-state index in [0.29, 0.717) is 10.0 Å². The van der Waals surface area contributed by atoms with Crippen molar-refractivity contribution in [3.05, 3.63) is 64.2 Å². The minimum Gasteiger partial charge on any atom is -0.335 e. The maximum atomic E-state index is 13.5. The molecule has 0 saturated heterocycles. The van der Waals surface area contributed by atoms with E-state index in [1.165, 1.54) is 44.3 Å². The number of amides is 1. The van der Waals surface area contributed by atoms with E-state index in [1.807, 2.05) is 0 Å². The Balaban J connectivity index is 2.38. The number of sulfonamides is 1. The molecule has 0 aliphatic carbocycles. The maximum absolute atomic E-state index is 13.5. The van der Waals surface area contributed by atoms with Crippen LogP contribution in [-0.2, 0) is 14.9 Å². The average Bonchev–Trinajstić information content (AvgIpc) is 2.67. The third kappa shape index (κ3) is 4.33. The molecule has 0 spiro atoms. The van der Waals surface area contributed by atoms with Gasteiger partial charge < -0.3 is 4.90 Å². The molecule has 0 saturated carbocycles. The van der Waals surface area contributed by atoms with E-state index in [2.05, 4.69) is 0 Å². The third-order valence-corrected chi connectivity index (χ3v) is 6.54. The minimum atomic E-state index is -4.07. The predicted molar refractivity (Wildman–Crippen MR) is 100 cm³/mol. The molecule has 0 aliphatic heterocycles.